The number of fused-ring (bicyclic) bond motifs is 6. The predicted molar refractivity (Wildman–Crippen MR) is 195 cm³/mol. The molecule has 0 atom stereocenters. The van der Waals surface area contributed by atoms with Crippen LogP contribution in [0.5, 0.6) is 0 Å². The number of rotatable bonds is 5. The number of pyridine rings is 1. The SMILES string of the molecule is CC1(C)c2ccccc2-c2c(N(c3cccc(-c4ccc(-c5ccccc5)cc4)c3)c3cc4c(cn3)oc3ccccc34)cccc21. The van der Waals surface area contributed by atoms with Gasteiger partial charge in [0.05, 0.1) is 11.9 Å². The van der Waals surface area contributed by atoms with Crippen LogP contribution in [0.4, 0.5) is 17.2 Å². The van der Waals surface area contributed by atoms with Gasteiger partial charge in [-0.15, -0.1) is 0 Å². The highest BCUT2D eigenvalue weighted by atomic mass is 16.3. The molecule has 2 heterocycles. The zero-order valence-electron chi connectivity index (χ0n) is 26.3. The molecule has 0 amide bonds. The van der Waals surface area contributed by atoms with E-state index in [-0.39, 0.29) is 5.41 Å². The van der Waals surface area contributed by atoms with Crippen molar-refractivity contribution in [3.63, 3.8) is 0 Å². The van der Waals surface area contributed by atoms with E-state index in [1.165, 1.54) is 38.9 Å². The van der Waals surface area contributed by atoms with E-state index in [9.17, 15) is 0 Å². The highest BCUT2D eigenvalue weighted by Gasteiger charge is 2.37. The summed E-state index contributed by atoms with van der Waals surface area (Å²) in [7, 11) is 0. The molecule has 1 aliphatic rings. The number of hydrogen-bond donors (Lipinski definition) is 0. The Morgan fingerprint density at radius 1 is 0.532 bits per heavy atom. The van der Waals surface area contributed by atoms with Gasteiger partial charge < -0.3 is 4.42 Å². The normalized spacial score (nSPS) is 13.1. The Morgan fingerprint density at radius 2 is 1.19 bits per heavy atom. The van der Waals surface area contributed by atoms with E-state index < -0.39 is 0 Å². The molecule has 6 aromatic carbocycles. The van der Waals surface area contributed by atoms with Crippen molar-refractivity contribution >= 4 is 39.1 Å². The Balaban J connectivity index is 1.24. The maximum absolute atomic E-state index is 6.18. The largest absolute Gasteiger partial charge is 0.454 e. The van der Waals surface area contributed by atoms with E-state index in [1.807, 2.05) is 18.3 Å². The van der Waals surface area contributed by atoms with Crippen LogP contribution in [0, 0.1) is 0 Å². The molecule has 8 aromatic rings. The molecule has 3 nitrogen and oxygen atoms in total. The molecule has 224 valence electrons. The van der Waals surface area contributed by atoms with Gasteiger partial charge in [0.15, 0.2) is 5.58 Å². The standard InChI is InChI=1S/C44H32N2O/c1-44(2)37-18-8-6-17-35(37)43-38(44)19-11-20-39(43)46(42-27-36-34-16-7-9-21-40(34)47-41(36)28-45-42)33-15-10-14-32(26-33)31-24-22-30(23-25-31)29-12-4-3-5-13-29/h3-28H,1-2H3. The summed E-state index contributed by atoms with van der Waals surface area (Å²) in [6, 6.07) is 54.1. The van der Waals surface area contributed by atoms with Crippen LogP contribution in [0.15, 0.2) is 162 Å². The molecule has 0 unspecified atom stereocenters. The van der Waals surface area contributed by atoms with Crippen LogP contribution in [-0.2, 0) is 5.41 Å². The van der Waals surface area contributed by atoms with Gasteiger partial charge in [-0.25, -0.2) is 4.98 Å². The summed E-state index contributed by atoms with van der Waals surface area (Å²) in [4.78, 5) is 7.37. The molecule has 47 heavy (non-hydrogen) atoms. The van der Waals surface area contributed by atoms with Gasteiger partial charge in [-0.05, 0) is 69.3 Å². The van der Waals surface area contributed by atoms with E-state index in [1.54, 1.807) is 0 Å². The molecule has 1 aliphatic carbocycles. The maximum Gasteiger partial charge on any atom is 0.153 e. The van der Waals surface area contributed by atoms with Crippen molar-refractivity contribution in [1.29, 1.82) is 0 Å². The Hall–Kier alpha value is -5.93. The Morgan fingerprint density at radius 3 is 2.04 bits per heavy atom. The van der Waals surface area contributed by atoms with Crippen molar-refractivity contribution in [1.82, 2.24) is 4.98 Å². The third-order valence-corrected chi connectivity index (χ3v) is 9.74. The predicted octanol–water partition coefficient (Wildman–Crippen LogP) is 12.1. The monoisotopic (exact) mass is 604 g/mol. The number of benzene rings is 6. The van der Waals surface area contributed by atoms with Gasteiger partial charge in [0.1, 0.15) is 11.4 Å². The molecule has 0 radical (unpaired) electrons. The fourth-order valence-corrected chi connectivity index (χ4v) is 7.37. The van der Waals surface area contributed by atoms with Crippen molar-refractivity contribution < 1.29 is 4.42 Å². The Kier molecular flexibility index (Phi) is 6.16. The quantitative estimate of drug-likeness (QED) is 0.196. The molecule has 3 heteroatoms. The van der Waals surface area contributed by atoms with Crippen molar-refractivity contribution in [3.05, 3.63) is 169 Å². The first-order valence-electron chi connectivity index (χ1n) is 16.1. The van der Waals surface area contributed by atoms with Crippen molar-refractivity contribution in [2.45, 2.75) is 19.3 Å². The van der Waals surface area contributed by atoms with Crippen LogP contribution >= 0.6 is 0 Å². The lowest BCUT2D eigenvalue weighted by molar-refractivity contribution is 0.660. The molecule has 2 aromatic heterocycles. The number of para-hydroxylation sites is 1. The van der Waals surface area contributed by atoms with Crippen molar-refractivity contribution in [2.24, 2.45) is 0 Å². The van der Waals surface area contributed by atoms with Gasteiger partial charge in [0.2, 0.25) is 0 Å². The van der Waals surface area contributed by atoms with Crippen LogP contribution in [0.3, 0.4) is 0 Å². The minimum absolute atomic E-state index is 0.117. The maximum atomic E-state index is 6.18. The Labute approximate surface area is 274 Å². The first kappa shape index (κ1) is 27.4. The molecule has 0 fully saturated rings. The summed E-state index contributed by atoms with van der Waals surface area (Å²) >= 11 is 0. The molecule has 0 saturated carbocycles. The first-order valence-corrected chi connectivity index (χ1v) is 16.1. The lowest BCUT2D eigenvalue weighted by Gasteiger charge is -2.28. The first-order chi connectivity index (χ1) is 23.1. The summed E-state index contributed by atoms with van der Waals surface area (Å²) in [6.45, 7) is 4.65. The molecule has 0 bridgehead atoms. The summed E-state index contributed by atoms with van der Waals surface area (Å²) in [5.41, 5.74) is 13.6. The van der Waals surface area contributed by atoms with E-state index in [0.29, 0.717) is 0 Å². The fraction of sp³-hybridized carbons (Fsp3) is 0.0682. The van der Waals surface area contributed by atoms with Gasteiger partial charge >= 0.3 is 0 Å². The minimum atomic E-state index is -0.117. The highest BCUT2D eigenvalue weighted by molar-refractivity contribution is 6.06. The summed E-state index contributed by atoms with van der Waals surface area (Å²) in [6.07, 6.45) is 1.87. The summed E-state index contributed by atoms with van der Waals surface area (Å²) in [5, 5.41) is 2.14. The lowest BCUT2D eigenvalue weighted by Crippen LogP contribution is -2.16. The van der Waals surface area contributed by atoms with E-state index >= 15 is 0 Å². The van der Waals surface area contributed by atoms with Gasteiger partial charge in [-0.3, -0.25) is 4.90 Å². The lowest BCUT2D eigenvalue weighted by atomic mass is 9.82. The summed E-state index contributed by atoms with van der Waals surface area (Å²) < 4.78 is 6.18. The topological polar surface area (TPSA) is 29.3 Å². The number of nitrogens with zero attached hydrogens (tertiary/aromatic N) is 2. The van der Waals surface area contributed by atoms with Gasteiger partial charge in [0.25, 0.3) is 0 Å². The summed E-state index contributed by atoms with van der Waals surface area (Å²) in [5.74, 6) is 0.844. The van der Waals surface area contributed by atoms with Gasteiger partial charge in [-0.2, -0.15) is 0 Å². The fourth-order valence-electron chi connectivity index (χ4n) is 7.37. The number of furan rings is 1. The third kappa shape index (κ3) is 4.39. The van der Waals surface area contributed by atoms with E-state index in [2.05, 4.69) is 158 Å². The van der Waals surface area contributed by atoms with Crippen LogP contribution < -0.4 is 4.90 Å². The second-order valence-electron chi connectivity index (χ2n) is 12.8. The average molecular weight is 605 g/mol. The number of aromatic nitrogens is 1. The Bertz CT molecular complexity index is 2440. The van der Waals surface area contributed by atoms with Gasteiger partial charge in [0, 0.05) is 27.4 Å². The number of anilines is 3. The van der Waals surface area contributed by atoms with Crippen LogP contribution in [-0.4, -0.2) is 4.98 Å². The average Bonchev–Trinajstić information content (AvgIpc) is 3.61. The second kappa shape index (κ2) is 10.6. The molecular weight excluding hydrogens is 572 g/mol. The zero-order chi connectivity index (χ0) is 31.5. The van der Waals surface area contributed by atoms with Gasteiger partial charge in [-0.1, -0.05) is 135 Å². The zero-order valence-corrected chi connectivity index (χ0v) is 26.3. The van der Waals surface area contributed by atoms with Crippen molar-refractivity contribution in [3.8, 4) is 33.4 Å². The number of hydrogen-bond acceptors (Lipinski definition) is 3. The van der Waals surface area contributed by atoms with Crippen LogP contribution in [0.1, 0.15) is 25.0 Å². The molecule has 0 N–H and O–H groups in total. The smallest absolute Gasteiger partial charge is 0.153 e. The highest BCUT2D eigenvalue weighted by Crippen LogP contribution is 2.54. The minimum Gasteiger partial charge on any atom is -0.454 e. The second-order valence-corrected chi connectivity index (χ2v) is 12.8. The van der Waals surface area contributed by atoms with Crippen LogP contribution in [0.2, 0.25) is 0 Å². The third-order valence-electron chi connectivity index (χ3n) is 9.74. The molecule has 0 spiro atoms. The van der Waals surface area contributed by atoms with E-state index in [4.69, 9.17) is 9.40 Å². The van der Waals surface area contributed by atoms with Crippen molar-refractivity contribution in [2.75, 3.05) is 4.90 Å². The molecule has 9 rings (SSSR count). The molecular formula is C44H32N2O. The van der Waals surface area contributed by atoms with Crippen LogP contribution in [0.25, 0.3) is 55.3 Å². The molecule has 0 aliphatic heterocycles. The molecule has 0 saturated heterocycles. The van der Waals surface area contributed by atoms with E-state index in [0.717, 1.165) is 44.7 Å².